The molecule has 0 radical (unpaired) electrons. The summed E-state index contributed by atoms with van der Waals surface area (Å²) in [6.07, 6.45) is 1.31. The van der Waals surface area contributed by atoms with Gasteiger partial charge in [0, 0.05) is 18.6 Å². The first-order chi connectivity index (χ1) is 9.60. The molecule has 112 valence electrons. The van der Waals surface area contributed by atoms with Crippen molar-refractivity contribution in [2.24, 2.45) is 5.92 Å². The van der Waals surface area contributed by atoms with E-state index >= 15 is 0 Å². The quantitative estimate of drug-likeness (QED) is 0.864. The molecular weight excluding hydrogens is 248 g/mol. The van der Waals surface area contributed by atoms with Gasteiger partial charge in [0.2, 0.25) is 0 Å². The largest absolute Gasteiger partial charge is 0.497 e. The second kappa shape index (κ2) is 7.09. The molecule has 1 aliphatic heterocycles. The molecule has 1 saturated heterocycles. The van der Waals surface area contributed by atoms with Crippen molar-refractivity contribution in [1.29, 1.82) is 0 Å². The van der Waals surface area contributed by atoms with Crippen LogP contribution in [0.1, 0.15) is 38.8 Å². The van der Waals surface area contributed by atoms with Gasteiger partial charge in [0.15, 0.2) is 0 Å². The van der Waals surface area contributed by atoms with Crippen molar-refractivity contribution in [3.8, 4) is 5.75 Å². The summed E-state index contributed by atoms with van der Waals surface area (Å²) in [4.78, 5) is 2.59. The molecule has 0 aliphatic carbocycles. The third-order valence-electron chi connectivity index (χ3n) is 4.28. The van der Waals surface area contributed by atoms with E-state index in [1.807, 2.05) is 0 Å². The van der Waals surface area contributed by atoms with Crippen molar-refractivity contribution in [2.45, 2.75) is 39.3 Å². The average Bonchev–Trinajstić information content (AvgIpc) is 2.93. The highest BCUT2D eigenvalue weighted by molar-refractivity contribution is 5.29. The maximum Gasteiger partial charge on any atom is 0.118 e. The van der Waals surface area contributed by atoms with Crippen LogP contribution in [-0.2, 0) is 0 Å². The van der Waals surface area contributed by atoms with Gasteiger partial charge in [-0.3, -0.25) is 4.90 Å². The molecule has 0 amide bonds. The molecule has 2 atom stereocenters. The second-order valence-electron chi connectivity index (χ2n) is 6.16. The standard InChI is InChI=1S/C17H28N2O/c1-13(2)18-11-15-9-10-19(12-15)14(3)16-5-7-17(20-4)8-6-16/h5-8,13-15,18H,9-12H2,1-4H3. The van der Waals surface area contributed by atoms with Gasteiger partial charge < -0.3 is 10.1 Å². The van der Waals surface area contributed by atoms with Crippen LogP contribution < -0.4 is 10.1 Å². The Kier molecular flexibility index (Phi) is 5.44. The van der Waals surface area contributed by atoms with E-state index in [1.54, 1.807) is 7.11 Å². The molecule has 1 N–H and O–H groups in total. The third-order valence-corrected chi connectivity index (χ3v) is 4.28. The van der Waals surface area contributed by atoms with E-state index in [0.29, 0.717) is 12.1 Å². The zero-order valence-corrected chi connectivity index (χ0v) is 13.2. The Balaban J connectivity index is 1.88. The van der Waals surface area contributed by atoms with Crippen LogP contribution in [0.25, 0.3) is 0 Å². The molecule has 3 heteroatoms. The normalized spacial score (nSPS) is 21.4. The highest BCUT2D eigenvalue weighted by Crippen LogP contribution is 2.28. The predicted octanol–water partition coefficient (Wildman–Crippen LogP) is 3.08. The summed E-state index contributed by atoms with van der Waals surface area (Å²) in [5.74, 6) is 1.72. The minimum atomic E-state index is 0.491. The van der Waals surface area contributed by atoms with Crippen molar-refractivity contribution in [1.82, 2.24) is 10.2 Å². The van der Waals surface area contributed by atoms with Crippen LogP contribution in [0.3, 0.4) is 0 Å². The van der Waals surface area contributed by atoms with Gasteiger partial charge in [0.05, 0.1) is 7.11 Å². The molecule has 2 rings (SSSR count). The Bertz CT molecular complexity index is 402. The molecule has 1 heterocycles. The predicted molar refractivity (Wildman–Crippen MR) is 84.2 cm³/mol. The fourth-order valence-electron chi connectivity index (χ4n) is 2.88. The molecule has 0 spiro atoms. The molecular formula is C17H28N2O. The fraction of sp³-hybridized carbons (Fsp3) is 0.647. The summed E-state index contributed by atoms with van der Waals surface area (Å²) in [7, 11) is 1.71. The number of nitrogens with one attached hydrogen (secondary N) is 1. The lowest BCUT2D eigenvalue weighted by Gasteiger charge is -2.25. The number of methoxy groups -OCH3 is 1. The maximum absolute atomic E-state index is 5.22. The maximum atomic E-state index is 5.22. The molecule has 1 aliphatic rings. The van der Waals surface area contributed by atoms with Gasteiger partial charge in [-0.2, -0.15) is 0 Å². The Labute approximate surface area is 123 Å². The Morgan fingerprint density at radius 2 is 1.95 bits per heavy atom. The van der Waals surface area contributed by atoms with Gasteiger partial charge in [-0.1, -0.05) is 26.0 Å². The summed E-state index contributed by atoms with van der Waals surface area (Å²) in [5, 5.41) is 3.56. The molecule has 0 bridgehead atoms. The molecule has 2 unspecified atom stereocenters. The van der Waals surface area contributed by atoms with Crippen molar-refractivity contribution < 1.29 is 4.74 Å². The van der Waals surface area contributed by atoms with Gasteiger partial charge in [-0.25, -0.2) is 0 Å². The lowest BCUT2D eigenvalue weighted by molar-refractivity contribution is 0.251. The van der Waals surface area contributed by atoms with E-state index in [9.17, 15) is 0 Å². The topological polar surface area (TPSA) is 24.5 Å². The number of hydrogen-bond acceptors (Lipinski definition) is 3. The number of rotatable bonds is 6. The molecule has 0 saturated carbocycles. The summed E-state index contributed by atoms with van der Waals surface area (Å²) >= 11 is 0. The fourth-order valence-corrected chi connectivity index (χ4v) is 2.88. The first-order valence-corrected chi connectivity index (χ1v) is 7.71. The number of likely N-dealkylation sites (tertiary alicyclic amines) is 1. The van der Waals surface area contributed by atoms with Crippen LogP contribution in [0.5, 0.6) is 5.75 Å². The first-order valence-electron chi connectivity index (χ1n) is 7.71. The Hall–Kier alpha value is -1.06. The van der Waals surface area contributed by atoms with E-state index in [1.165, 1.54) is 25.1 Å². The van der Waals surface area contributed by atoms with Crippen LogP contribution >= 0.6 is 0 Å². The first kappa shape index (κ1) is 15.3. The lowest BCUT2D eigenvalue weighted by Crippen LogP contribution is -2.31. The Morgan fingerprint density at radius 3 is 2.55 bits per heavy atom. The summed E-state index contributed by atoms with van der Waals surface area (Å²) < 4.78 is 5.22. The van der Waals surface area contributed by atoms with Crippen LogP contribution in [0.4, 0.5) is 0 Å². The number of nitrogens with zero attached hydrogens (tertiary/aromatic N) is 1. The monoisotopic (exact) mass is 276 g/mol. The highest BCUT2D eigenvalue weighted by atomic mass is 16.5. The second-order valence-corrected chi connectivity index (χ2v) is 6.16. The molecule has 20 heavy (non-hydrogen) atoms. The number of benzene rings is 1. The summed E-state index contributed by atoms with van der Waals surface area (Å²) in [6, 6.07) is 9.55. The van der Waals surface area contributed by atoms with E-state index in [4.69, 9.17) is 4.74 Å². The van der Waals surface area contributed by atoms with E-state index in [0.717, 1.165) is 18.2 Å². The van der Waals surface area contributed by atoms with Gasteiger partial charge in [-0.05, 0) is 50.0 Å². The van der Waals surface area contributed by atoms with Crippen molar-refractivity contribution in [2.75, 3.05) is 26.7 Å². The SMILES string of the molecule is COc1ccc(C(C)N2CCC(CNC(C)C)C2)cc1. The van der Waals surface area contributed by atoms with E-state index in [2.05, 4.69) is 55.3 Å². The van der Waals surface area contributed by atoms with Gasteiger partial charge in [0.1, 0.15) is 5.75 Å². The van der Waals surface area contributed by atoms with Gasteiger partial charge in [-0.15, -0.1) is 0 Å². The van der Waals surface area contributed by atoms with Crippen molar-refractivity contribution in [3.05, 3.63) is 29.8 Å². The molecule has 1 aromatic carbocycles. The summed E-state index contributed by atoms with van der Waals surface area (Å²) in [6.45, 7) is 10.3. The zero-order chi connectivity index (χ0) is 14.5. The molecule has 1 fully saturated rings. The Morgan fingerprint density at radius 1 is 1.25 bits per heavy atom. The smallest absolute Gasteiger partial charge is 0.118 e. The summed E-state index contributed by atoms with van der Waals surface area (Å²) in [5.41, 5.74) is 1.38. The van der Waals surface area contributed by atoms with Gasteiger partial charge >= 0.3 is 0 Å². The van der Waals surface area contributed by atoms with Crippen LogP contribution in [0.15, 0.2) is 24.3 Å². The van der Waals surface area contributed by atoms with Crippen LogP contribution in [0, 0.1) is 5.92 Å². The van der Waals surface area contributed by atoms with Crippen molar-refractivity contribution in [3.63, 3.8) is 0 Å². The van der Waals surface area contributed by atoms with Gasteiger partial charge in [0.25, 0.3) is 0 Å². The highest BCUT2D eigenvalue weighted by Gasteiger charge is 2.26. The average molecular weight is 276 g/mol. The van der Waals surface area contributed by atoms with E-state index in [-0.39, 0.29) is 0 Å². The number of ether oxygens (including phenoxy) is 1. The molecule has 0 aromatic heterocycles. The molecule has 3 nitrogen and oxygen atoms in total. The van der Waals surface area contributed by atoms with Crippen molar-refractivity contribution >= 4 is 0 Å². The lowest BCUT2D eigenvalue weighted by atomic mass is 10.1. The van der Waals surface area contributed by atoms with Crippen LogP contribution in [-0.4, -0.2) is 37.7 Å². The minimum absolute atomic E-state index is 0.491. The third kappa shape index (κ3) is 3.97. The minimum Gasteiger partial charge on any atom is -0.497 e. The zero-order valence-electron chi connectivity index (χ0n) is 13.2. The number of hydrogen-bond donors (Lipinski definition) is 1. The van der Waals surface area contributed by atoms with E-state index < -0.39 is 0 Å². The molecule has 1 aromatic rings. The van der Waals surface area contributed by atoms with Crippen LogP contribution in [0.2, 0.25) is 0 Å².